The van der Waals surface area contributed by atoms with Crippen molar-refractivity contribution in [2.45, 2.75) is 25.0 Å². The molecule has 4 rings (SSSR count). The summed E-state index contributed by atoms with van der Waals surface area (Å²) in [5.41, 5.74) is 1.68. The first-order valence-corrected chi connectivity index (χ1v) is 7.96. The van der Waals surface area contributed by atoms with E-state index in [9.17, 15) is 9.18 Å². The zero-order valence-electron chi connectivity index (χ0n) is 12.8. The summed E-state index contributed by atoms with van der Waals surface area (Å²) >= 11 is 0. The second-order valence-corrected chi connectivity index (χ2v) is 6.17. The third-order valence-corrected chi connectivity index (χ3v) is 4.76. The first kappa shape index (κ1) is 14.7. The van der Waals surface area contributed by atoms with E-state index in [4.69, 9.17) is 9.47 Å². The summed E-state index contributed by atoms with van der Waals surface area (Å²) in [4.78, 5) is 17.5. The molecule has 2 aliphatic rings. The molecule has 0 saturated carbocycles. The number of fused-ring (bicyclic) bond motifs is 1. The molecule has 1 aromatic carbocycles. The molecule has 1 amide bonds. The molecule has 3 heterocycles. The van der Waals surface area contributed by atoms with E-state index in [0.29, 0.717) is 39.1 Å². The number of rotatable bonds is 2. The summed E-state index contributed by atoms with van der Waals surface area (Å²) in [5.74, 6) is -0.704. The molecule has 122 valence electrons. The van der Waals surface area contributed by atoms with Gasteiger partial charge in [-0.3, -0.25) is 4.79 Å². The van der Waals surface area contributed by atoms with Crippen LogP contribution in [0.3, 0.4) is 0 Å². The van der Waals surface area contributed by atoms with Crippen molar-refractivity contribution in [1.29, 1.82) is 0 Å². The Kier molecular flexibility index (Phi) is 3.58. The maximum absolute atomic E-state index is 13.4. The van der Waals surface area contributed by atoms with Crippen LogP contribution in [0.15, 0.2) is 24.4 Å². The Labute approximate surface area is 133 Å². The Bertz CT molecular complexity index is 727. The lowest BCUT2D eigenvalue weighted by Crippen LogP contribution is -2.47. The third-order valence-electron chi connectivity index (χ3n) is 4.76. The summed E-state index contributed by atoms with van der Waals surface area (Å²) in [6.45, 7) is 2.54. The lowest BCUT2D eigenvalue weighted by atomic mass is 10.0. The Morgan fingerprint density at radius 1 is 1.26 bits per heavy atom. The van der Waals surface area contributed by atoms with Gasteiger partial charge < -0.3 is 19.4 Å². The van der Waals surface area contributed by atoms with Gasteiger partial charge >= 0.3 is 0 Å². The van der Waals surface area contributed by atoms with E-state index in [1.54, 1.807) is 12.3 Å². The van der Waals surface area contributed by atoms with Crippen LogP contribution < -0.4 is 0 Å². The highest BCUT2D eigenvalue weighted by molar-refractivity contribution is 5.89. The molecule has 5 nitrogen and oxygen atoms in total. The van der Waals surface area contributed by atoms with Crippen LogP contribution in [0, 0.1) is 5.82 Å². The summed E-state index contributed by atoms with van der Waals surface area (Å²) in [5, 5.41) is 0.772. The molecule has 2 fully saturated rings. The van der Waals surface area contributed by atoms with Crippen molar-refractivity contribution in [3.8, 4) is 0 Å². The zero-order chi connectivity index (χ0) is 15.9. The predicted molar refractivity (Wildman–Crippen MR) is 82.4 cm³/mol. The number of carbonyl (C=O) groups is 1. The van der Waals surface area contributed by atoms with Crippen molar-refractivity contribution in [2.24, 2.45) is 0 Å². The highest BCUT2D eigenvalue weighted by Crippen LogP contribution is 2.31. The van der Waals surface area contributed by atoms with Gasteiger partial charge in [0.2, 0.25) is 5.91 Å². The normalized spacial score (nSPS) is 20.5. The molecule has 0 unspecified atom stereocenters. The maximum Gasteiger partial charge on any atom is 0.227 e. The van der Waals surface area contributed by atoms with Crippen LogP contribution in [0.5, 0.6) is 0 Å². The Morgan fingerprint density at radius 2 is 2.00 bits per heavy atom. The fraction of sp³-hybridized carbons (Fsp3) is 0.471. The van der Waals surface area contributed by atoms with Crippen LogP contribution >= 0.6 is 0 Å². The highest BCUT2D eigenvalue weighted by atomic mass is 19.1. The van der Waals surface area contributed by atoms with E-state index in [1.807, 2.05) is 4.90 Å². The SMILES string of the molecule is O=C(Cc1c[nH]c2ccc(F)cc12)N1CCC2(CC1)OCCO2. The Hall–Kier alpha value is -1.92. The first-order valence-electron chi connectivity index (χ1n) is 7.96. The van der Waals surface area contributed by atoms with E-state index in [1.165, 1.54) is 12.1 Å². The number of nitrogens with zero attached hydrogens (tertiary/aromatic N) is 1. The standard InChI is InChI=1S/C17H19FN2O3/c18-13-1-2-15-14(10-13)12(11-19-15)9-16(21)20-5-3-17(4-6-20)22-7-8-23-17/h1-2,10-11,19H,3-9H2. The number of halogens is 1. The minimum atomic E-state index is -0.472. The van der Waals surface area contributed by atoms with Gasteiger partial charge in [0, 0.05) is 43.0 Å². The number of likely N-dealkylation sites (tertiary alicyclic amines) is 1. The third kappa shape index (κ3) is 2.72. The maximum atomic E-state index is 13.4. The molecule has 1 N–H and O–H groups in total. The number of aromatic amines is 1. The molecule has 2 aliphatic heterocycles. The lowest BCUT2D eigenvalue weighted by molar-refractivity contribution is -0.187. The number of aromatic nitrogens is 1. The van der Waals surface area contributed by atoms with Crippen LogP contribution in [0.4, 0.5) is 4.39 Å². The molecule has 0 bridgehead atoms. The molecule has 1 aromatic heterocycles. The van der Waals surface area contributed by atoms with Gasteiger partial charge in [0.1, 0.15) is 5.82 Å². The summed E-state index contributed by atoms with van der Waals surface area (Å²) < 4.78 is 24.8. The summed E-state index contributed by atoms with van der Waals surface area (Å²) in [7, 11) is 0. The van der Waals surface area contributed by atoms with Crippen LogP contribution in [0.1, 0.15) is 18.4 Å². The molecule has 23 heavy (non-hydrogen) atoms. The molecule has 2 saturated heterocycles. The smallest absolute Gasteiger partial charge is 0.227 e. The molecular formula is C17H19FN2O3. The second-order valence-electron chi connectivity index (χ2n) is 6.17. The minimum absolute atomic E-state index is 0.0583. The van der Waals surface area contributed by atoms with Gasteiger partial charge in [-0.1, -0.05) is 0 Å². The Balaban J connectivity index is 1.44. The van der Waals surface area contributed by atoms with Gasteiger partial charge in [-0.25, -0.2) is 4.39 Å². The van der Waals surface area contributed by atoms with Crippen molar-refractivity contribution in [2.75, 3.05) is 26.3 Å². The molecule has 1 spiro atoms. The lowest BCUT2D eigenvalue weighted by Gasteiger charge is -2.37. The highest BCUT2D eigenvalue weighted by Gasteiger charge is 2.40. The van der Waals surface area contributed by atoms with Crippen molar-refractivity contribution in [3.05, 3.63) is 35.8 Å². The van der Waals surface area contributed by atoms with Gasteiger partial charge in [-0.2, -0.15) is 0 Å². The van der Waals surface area contributed by atoms with Crippen LogP contribution in [-0.2, 0) is 20.7 Å². The number of amides is 1. The average Bonchev–Trinajstić information content (AvgIpc) is 3.16. The predicted octanol–water partition coefficient (Wildman–Crippen LogP) is 2.21. The first-order chi connectivity index (χ1) is 11.2. The van der Waals surface area contributed by atoms with Crippen molar-refractivity contribution < 1.29 is 18.7 Å². The van der Waals surface area contributed by atoms with Crippen LogP contribution in [0.2, 0.25) is 0 Å². The molecule has 0 atom stereocenters. The molecule has 2 aromatic rings. The quantitative estimate of drug-likeness (QED) is 0.924. The summed E-state index contributed by atoms with van der Waals surface area (Å²) in [6.07, 6.45) is 3.48. The van der Waals surface area contributed by atoms with E-state index in [-0.39, 0.29) is 18.1 Å². The van der Waals surface area contributed by atoms with E-state index in [2.05, 4.69) is 4.98 Å². The largest absolute Gasteiger partial charge is 0.361 e. The second kappa shape index (κ2) is 5.62. The zero-order valence-corrected chi connectivity index (χ0v) is 12.8. The fourth-order valence-electron chi connectivity index (χ4n) is 3.45. The van der Waals surface area contributed by atoms with E-state index >= 15 is 0 Å². The molecule has 0 radical (unpaired) electrons. The molecular weight excluding hydrogens is 299 g/mol. The van der Waals surface area contributed by atoms with Crippen LogP contribution in [0.25, 0.3) is 10.9 Å². The van der Waals surface area contributed by atoms with Gasteiger partial charge in [0.25, 0.3) is 0 Å². The van der Waals surface area contributed by atoms with Gasteiger partial charge in [0.15, 0.2) is 5.79 Å². The average molecular weight is 318 g/mol. The van der Waals surface area contributed by atoms with E-state index in [0.717, 1.165) is 16.5 Å². The van der Waals surface area contributed by atoms with Gasteiger partial charge in [0.05, 0.1) is 19.6 Å². The molecule has 6 heteroatoms. The summed E-state index contributed by atoms with van der Waals surface area (Å²) in [6, 6.07) is 4.58. The minimum Gasteiger partial charge on any atom is -0.361 e. The number of H-pyrrole nitrogens is 1. The monoisotopic (exact) mass is 318 g/mol. The number of carbonyl (C=O) groups excluding carboxylic acids is 1. The van der Waals surface area contributed by atoms with Crippen LogP contribution in [-0.4, -0.2) is 47.9 Å². The van der Waals surface area contributed by atoms with Crippen molar-refractivity contribution in [1.82, 2.24) is 9.88 Å². The number of nitrogens with one attached hydrogen (secondary N) is 1. The number of piperidine rings is 1. The number of ether oxygens (including phenoxy) is 2. The topological polar surface area (TPSA) is 54.6 Å². The van der Waals surface area contributed by atoms with E-state index < -0.39 is 5.79 Å². The number of hydrogen-bond acceptors (Lipinski definition) is 3. The van der Waals surface area contributed by atoms with Crippen molar-refractivity contribution >= 4 is 16.8 Å². The molecule has 0 aliphatic carbocycles. The fourth-order valence-corrected chi connectivity index (χ4v) is 3.45. The number of benzene rings is 1. The van der Waals surface area contributed by atoms with Gasteiger partial charge in [-0.05, 0) is 23.8 Å². The van der Waals surface area contributed by atoms with Gasteiger partial charge in [-0.15, -0.1) is 0 Å². The Morgan fingerprint density at radius 3 is 2.74 bits per heavy atom. The number of hydrogen-bond donors (Lipinski definition) is 1. The van der Waals surface area contributed by atoms with Crippen molar-refractivity contribution in [3.63, 3.8) is 0 Å².